The third-order valence-corrected chi connectivity index (χ3v) is 5.96. The van der Waals surface area contributed by atoms with Gasteiger partial charge in [0.15, 0.2) is 12.2 Å². The molecule has 226 valence electrons. The molecule has 2 aromatic rings. The van der Waals surface area contributed by atoms with E-state index in [1.54, 1.807) is 73.8 Å². The van der Waals surface area contributed by atoms with Gasteiger partial charge in [0.1, 0.15) is 22.7 Å². The van der Waals surface area contributed by atoms with Crippen molar-refractivity contribution >= 4 is 18.3 Å². The Morgan fingerprint density at radius 2 is 1.68 bits per heavy atom. The van der Waals surface area contributed by atoms with E-state index in [0.717, 1.165) is 5.56 Å². The van der Waals surface area contributed by atoms with Crippen LogP contribution in [-0.2, 0) is 31.8 Å². The average molecular weight is 576 g/mol. The molecule has 0 saturated carbocycles. The third-order valence-electron chi connectivity index (χ3n) is 5.96. The van der Waals surface area contributed by atoms with E-state index >= 15 is 0 Å². The summed E-state index contributed by atoms with van der Waals surface area (Å²) in [7, 11) is 1.57. The van der Waals surface area contributed by atoms with E-state index in [1.807, 2.05) is 12.1 Å². The molecule has 2 amide bonds. The van der Waals surface area contributed by atoms with Gasteiger partial charge in [-0.2, -0.15) is 0 Å². The Morgan fingerprint density at radius 3 is 2.24 bits per heavy atom. The van der Waals surface area contributed by atoms with E-state index in [1.165, 1.54) is 4.90 Å². The van der Waals surface area contributed by atoms with Gasteiger partial charge in [-0.1, -0.05) is 17.3 Å². The lowest BCUT2D eigenvalue weighted by atomic mass is 10.0. The normalized spacial score (nSPS) is 18.9. The van der Waals surface area contributed by atoms with E-state index in [0.29, 0.717) is 23.6 Å². The molecule has 0 aliphatic carbocycles. The monoisotopic (exact) mass is 575 g/mol. The van der Waals surface area contributed by atoms with Crippen LogP contribution in [0.1, 0.15) is 58.6 Å². The number of carbonyl (C=O) groups is 3. The summed E-state index contributed by atoms with van der Waals surface area (Å²) < 4.78 is 32.8. The van der Waals surface area contributed by atoms with Crippen molar-refractivity contribution in [2.75, 3.05) is 20.2 Å². The molecule has 12 nitrogen and oxygen atoms in total. The van der Waals surface area contributed by atoms with Gasteiger partial charge in [0.05, 0.1) is 25.4 Å². The molecule has 1 N–H and O–H groups in total. The largest absolute Gasteiger partial charge is 0.509 e. The zero-order valence-corrected chi connectivity index (χ0v) is 25.0. The number of likely N-dealkylation sites (tertiary alicyclic amines) is 1. The van der Waals surface area contributed by atoms with Gasteiger partial charge < -0.3 is 33.5 Å². The molecule has 0 radical (unpaired) electrons. The van der Waals surface area contributed by atoms with E-state index in [2.05, 4.69) is 10.5 Å². The van der Waals surface area contributed by atoms with Crippen LogP contribution in [0.3, 0.4) is 0 Å². The van der Waals surface area contributed by atoms with Crippen LogP contribution in [0.2, 0.25) is 0 Å². The van der Waals surface area contributed by atoms with E-state index in [9.17, 15) is 14.4 Å². The van der Waals surface area contributed by atoms with Crippen molar-refractivity contribution in [1.82, 2.24) is 15.4 Å². The van der Waals surface area contributed by atoms with Crippen molar-refractivity contribution in [3.63, 3.8) is 0 Å². The highest BCUT2D eigenvalue weighted by atomic mass is 16.7. The van der Waals surface area contributed by atoms with Gasteiger partial charge in [0, 0.05) is 19.0 Å². The number of rotatable bonds is 8. The Morgan fingerprint density at radius 1 is 1.02 bits per heavy atom. The lowest BCUT2D eigenvalue weighted by molar-refractivity contribution is -0.0517. The van der Waals surface area contributed by atoms with Gasteiger partial charge in [-0.3, -0.25) is 4.90 Å². The molecule has 1 fully saturated rings. The predicted molar refractivity (Wildman–Crippen MR) is 148 cm³/mol. The molecule has 3 atom stereocenters. The average Bonchev–Trinajstić information content (AvgIpc) is 3.40. The number of nitrogens with one attached hydrogen (secondary N) is 1. The molecular weight excluding hydrogens is 534 g/mol. The van der Waals surface area contributed by atoms with Crippen molar-refractivity contribution in [3.8, 4) is 5.75 Å². The van der Waals surface area contributed by atoms with Gasteiger partial charge >= 0.3 is 18.3 Å². The summed E-state index contributed by atoms with van der Waals surface area (Å²) in [6.45, 7) is 12.3. The minimum absolute atomic E-state index is 0.0643. The number of nitrogens with zero attached hydrogens (tertiary/aromatic N) is 2. The number of aromatic nitrogens is 1. The zero-order chi connectivity index (χ0) is 30.4. The number of amides is 2. The molecule has 12 heteroatoms. The van der Waals surface area contributed by atoms with Crippen molar-refractivity contribution < 1.29 is 42.6 Å². The molecule has 0 bridgehead atoms. The summed E-state index contributed by atoms with van der Waals surface area (Å²) >= 11 is 0. The van der Waals surface area contributed by atoms with Crippen LogP contribution in [0.25, 0.3) is 0 Å². The van der Waals surface area contributed by atoms with Crippen molar-refractivity contribution in [1.29, 1.82) is 0 Å². The first-order valence-electron chi connectivity index (χ1n) is 13.5. The molecule has 1 aliphatic rings. The molecule has 1 saturated heterocycles. The molecule has 0 spiro atoms. The van der Waals surface area contributed by atoms with Crippen LogP contribution in [-0.4, -0.2) is 78.0 Å². The SMILES string of the molecule is COc1ccc(C[C@@H]2[C@H](OC(=O)NCCc3cc(C)on3)[C@@H](OC(=O)OC(C)(C)C)CN2C(=O)OC(C)(C)C)cc1. The standard InChI is InChI=1S/C29H41N3O9/c1-18-15-20(31-41-18)13-14-30-25(33)38-24-22(16-19-9-11-21(36-8)12-10-19)32(26(34)39-28(2,3)4)17-23(24)37-27(35)40-29(5,6)7/h9-12,15,22-24H,13-14,16-17H2,1-8H3,(H,30,33)/t22-,23+,24+/m1/s1. The van der Waals surface area contributed by atoms with E-state index < -0.39 is 47.8 Å². The smallest absolute Gasteiger partial charge is 0.497 e. The molecule has 3 rings (SSSR count). The second-order valence-electron chi connectivity index (χ2n) is 11.8. The van der Waals surface area contributed by atoms with Gasteiger partial charge in [0.25, 0.3) is 0 Å². The van der Waals surface area contributed by atoms with Crippen LogP contribution in [0.4, 0.5) is 14.4 Å². The van der Waals surface area contributed by atoms with Gasteiger partial charge in [-0.15, -0.1) is 0 Å². The summed E-state index contributed by atoms with van der Waals surface area (Å²) in [5, 5.41) is 6.61. The van der Waals surface area contributed by atoms with Gasteiger partial charge in [0.2, 0.25) is 0 Å². The first kappa shape index (κ1) is 31.6. The fourth-order valence-electron chi connectivity index (χ4n) is 4.27. The number of methoxy groups -OCH3 is 1. The zero-order valence-electron chi connectivity index (χ0n) is 25.0. The Labute approximate surface area is 240 Å². The highest BCUT2D eigenvalue weighted by molar-refractivity contribution is 5.71. The molecule has 2 heterocycles. The molecule has 41 heavy (non-hydrogen) atoms. The van der Waals surface area contributed by atoms with E-state index in [4.69, 9.17) is 28.2 Å². The maximum atomic E-state index is 13.3. The second-order valence-corrected chi connectivity index (χ2v) is 11.8. The first-order valence-corrected chi connectivity index (χ1v) is 13.5. The predicted octanol–water partition coefficient (Wildman–Crippen LogP) is 4.81. The summed E-state index contributed by atoms with van der Waals surface area (Å²) in [6, 6.07) is 8.36. The van der Waals surface area contributed by atoms with Crippen molar-refractivity contribution in [3.05, 3.63) is 47.3 Å². The van der Waals surface area contributed by atoms with Crippen LogP contribution in [0.5, 0.6) is 5.75 Å². The number of benzene rings is 1. The maximum absolute atomic E-state index is 13.3. The fourth-order valence-corrected chi connectivity index (χ4v) is 4.27. The number of carbonyl (C=O) groups excluding carboxylic acids is 3. The lowest BCUT2D eigenvalue weighted by Gasteiger charge is -2.30. The third kappa shape index (κ3) is 9.87. The molecule has 1 aromatic heterocycles. The summed E-state index contributed by atoms with van der Waals surface area (Å²) in [5.74, 6) is 1.34. The van der Waals surface area contributed by atoms with Gasteiger partial charge in [-0.25, -0.2) is 14.4 Å². The quantitative estimate of drug-likeness (QED) is 0.345. The van der Waals surface area contributed by atoms with Crippen molar-refractivity contribution in [2.24, 2.45) is 0 Å². The number of hydrogen-bond donors (Lipinski definition) is 1. The van der Waals surface area contributed by atoms with E-state index in [-0.39, 0.29) is 19.5 Å². The number of aryl methyl sites for hydroxylation is 1. The number of hydrogen-bond acceptors (Lipinski definition) is 10. The Hall–Kier alpha value is -3.96. The van der Waals surface area contributed by atoms with Crippen LogP contribution < -0.4 is 10.1 Å². The Kier molecular flexibility index (Phi) is 10.1. The maximum Gasteiger partial charge on any atom is 0.509 e. The first-order chi connectivity index (χ1) is 19.1. The minimum Gasteiger partial charge on any atom is -0.497 e. The second kappa shape index (κ2) is 13.1. The van der Waals surface area contributed by atoms with Crippen LogP contribution in [0.15, 0.2) is 34.9 Å². The molecule has 1 aliphatic heterocycles. The Balaban J connectivity index is 1.85. The summed E-state index contributed by atoms with van der Waals surface area (Å²) in [6.07, 6.45) is -3.62. The molecule has 0 unspecified atom stereocenters. The van der Waals surface area contributed by atoms with Crippen LogP contribution >= 0.6 is 0 Å². The van der Waals surface area contributed by atoms with Gasteiger partial charge in [-0.05, 0) is 72.6 Å². The van der Waals surface area contributed by atoms with Crippen molar-refractivity contribution in [2.45, 2.75) is 90.8 Å². The topological polar surface area (TPSA) is 139 Å². The molecular formula is C29H41N3O9. The summed E-state index contributed by atoms with van der Waals surface area (Å²) in [4.78, 5) is 40.3. The highest BCUT2D eigenvalue weighted by Gasteiger charge is 2.50. The lowest BCUT2D eigenvalue weighted by Crippen LogP contribution is -2.46. The molecule has 1 aromatic carbocycles. The van der Waals surface area contributed by atoms with Crippen LogP contribution in [0, 0.1) is 6.92 Å². The minimum atomic E-state index is -1.02. The fraction of sp³-hybridized carbons (Fsp3) is 0.586. The Bertz CT molecular complexity index is 1180. The number of ether oxygens (including phenoxy) is 5. The number of alkyl carbamates (subject to hydrolysis) is 1. The summed E-state index contributed by atoms with van der Waals surface area (Å²) in [5.41, 5.74) is -0.0593. The highest BCUT2D eigenvalue weighted by Crippen LogP contribution is 2.30.